The van der Waals surface area contributed by atoms with Crippen molar-refractivity contribution in [3.8, 4) is 12.3 Å². The van der Waals surface area contributed by atoms with Crippen LogP contribution < -0.4 is 5.32 Å². The number of piperidine rings is 1. The zero-order valence-corrected chi connectivity index (χ0v) is 12.2. The summed E-state index contributed by atoms with van der Waals surface area (Å²) in [5.41, 5.74) is 0.975. The molecule has 2 rings (SSSR count). The Morgan fingerprint density at radius 2 is 2.05 bits per heavy atom. The lowest BCUT2D eigenvalue weighted by Crippen LogP contribution is -2.42. The van der Waals surface area contributed by atoms with Crippen molar-refractivity contribution < 1.29 is 9.90 Å². The lowest BCUT2D eigenvalue weighted by atomic mass is 9.87. The molecule has 1 fully saturated rings. The summed E-state index contributed by atoms with van der Waals surface area (Å²) in [6, 6.07) is 9.77. The Kier molecular flexibility index (Phi) is 5.79. The van der Waals surface area contributed by atoms with Crippen LogP contribution in [0.2, 0.25) is 0 Å². The SMILES string of the molecule is C#CCNC(=O)CN1CCC([C@H](O)c2ccccc2)CC1. The van der Waals surface area contributed by atoms with E-state index in [1.807, 2.05) is 30.3 Å². The van der Waals surface area contributed by atoms with Crippen molar-refractivity contribution in [3.63, 3.8) is 0 Å². The van der Waals surface area contributed by atoms with Crippen LogP contribution in [0.1, 0.15) is 24.5 Å². The number of aliphatic hydroxyl groups is 1. The van der Waals surface area contributed by atoms with Crippen molar-refractivity contribution in [1.82, 2.24) is 10.2 Å². The fourth-order valence-electron chi connectivity index (χ4n) is 2.76. The Hall–Kier alpha value is -1.83. The number of likely N-dealkylation sites (tertiary alicyclic amines) is 1. The Bertz CT molecular complexity index is 487. The normalized spacial score (nSPS) is 17.9. The molecule has 0 bridgehead atoms. The van der Waals surface area contributed by atoms with Crippen LogP contribution in [0.15, 0.2) is 30.3 Å². The number of benzene rings is 1. The summed E-state index contributed by atoms with van der Waals surface area (Å²) in [5.74, 6) is 2.62. The predicted octanol–water partition coefficient (Wildman–Crippen LogP) is 1.18. The van der Waals surface area contributed by atoms with Crippen LogP contribution in [0, 0.1) is 18.3 Å². The van der Waals surface area contributed by atoms with Crippen LogP contribution >= 0.6 is 0 Å². The quantitative estimate of drug-likeness (QED) is 0.799. The van der Waals surface area contributed by atoms with Crippen LogP contribution in [-0.2, 0) is 4.79 Å². The minimum atomic E-state index is -0.413. The van der Waals surface area contributed by atoms with Gasteiger partial charge in [0.1, 0.15) is 0 Å². The van der Waals surface area contributed by atoms with E-state index in [-0.39, 0.29) is 18.4 Å². The number of nitrogens with one attached hydrogen (secondary N) is 1. The van der Waals surface area contributed by atoms with Gasteiger partial charge in [0, 0.05) is 0 Å². The van der Waals surface area contributed by atoms with E-state index in [0.29, 0.717) is 6.54 Å². The molecule has 1 aromatic rings. The van der Waals surface area contributed by atoms with Gasteiger partial charge in [0.05, 0.1) is 19.2 Å². The zero-order valence-electron chi connectivity index (χ0n) is 12.2. The van der Waals surface area contributed by atoms with Gasteiger partial charge < -0.3 is 10.4 Å². The molecule has 0 unspecified atom stereocenters. The fourth-order valence-corrected chi connectivity index (χ4v) is 2.76. The van der Waals surface area contributed by atoms with Crippen LogP contribution in [0.5, 0.6) is 0 Å². The molecule has 112 valence electrons. The highest BCUT2D eigenvalue weighted by Crippen LogP contribution is 2.30. The maximum atomic E-state index is 11.6. The van der Waals surface area contributed by atoms with Gasteiger partial charge in [0.2, 0.25) is 5.91 Å². The monoisotopic (exact) mass is 286 g/mol. The number of hydrogen-bond donors (Lipinski definition) is 2. The van der Waals surface area contributed by atoms with Crippen LogP contribution in [0.25, 0.3) is 0 Å². The molecule has 1 aliphatic rings. The first-order valence-corrected chi connectivity index (χ1v) is 7.36. The Labute approximate surface area is 126 Å². The molecule has 1 saturated heterocycles. The first kappa shape index (κ1) is 15.6. The molecule has 0 spiro atoms. The van der Waals surface area contributed by atoms with Gasteiger partial charge in [-0.05, 0) is 37.4 Å². The minimum Gasteiger partial charge on any atom is -0.388 e. The number of rotatable bonds is 5. The van der Waals surface area contributed by atoms with Gasteiger partial charge in [-0.2, -0.15) is 0 Å². The molecule has 0 radical (unpaired) electrons. The number of aliphatic hydroxyl groups excluding tert-OH is 1. The molecular weight excluding hydrogens is 264 g/mol. The Balaban J connectivity index is 1.78. The van der Waals surface area contributed by atoms with Crippen LogP contribution in [0.4, 0.5) is 0 Å². The van der Waals surface area contributed by atoms with Crippen LogP contribution in [0.3, 0.4) is 0 Å². The summed E-state index contributed by atoms with van der Waals surface area (Å²) in [4.78, 5) is 13.7. The molecular formula is C17H22N2O2. The number of hydrogen-bond acceptors (Lipinski definition) is 3. The van der Waals surface area contributed by atoms with Gasteiger partial charge in [0.25, 0.3) is 0 Å². The zero-order chi connectivity index (χ0) is 15.1. The predicted molar refractivity (Wildman–Crippen MR) is 82.4 cm³/mol. The summed E-state index contributed by atoms with van der Waals surface area (Å²) in [7, 11) is 0. The van der Waals surface area contributed by atoms with E-state index in [2.05, 4.69) is 16.1 Å². The maximum Gasteiger partial charge on any atom is 0.234 e. The van der Waals surface area contributed by atoms with Crippen molar-refractivity contribution >= 4 is 5.91 Å². The largest absolute Gasteiger partial charge is 0.388 e. The molecule has 0 aromatic heterocycles. The van der Waals surface area contributed by atoms with Gasteiger partial charge >= 0.3 is 0 Å². The second-order valence-electron chi connectivity index (χ2n) is 5.45. The molecule has 1 atom stereocenters. The van der Waals surface area contributed by atoms with E-state index in [0.717, 1.165) is 31.5 Å². The van der Waals surface area contributed by atoms with Crippen molar-refractivity contribution in [2.45, 2.75) is 18.9 Å². The average molecular weight is 286 g/mol. The molecule has 1 aromatic carbocycles. The number of nitrogens with zero attached hydrogens (tertiary/aromatic N) is 1. The first-order chi connectivity index (χ1) is 10.2. The molecule has 0 saturated carbocycles. The minimum absolute atomic E-state index is 0.0324. The molecule has 1 amide bonds. The highest BCUT2D eigenvalue weighted by molar-refractivity contribution is 5.78. The van der Waals surface area contributed by atoms with E-state index in [1.54, 1.807) is 0 Å². The third-order valence-electron chi connectivity index (χ3n) is 3.97. The van der Waals surface area contributed by atoms with Crippen molar-refractivity contribution in [2.75, 3.05) is 26.2 Å². The highest BCUT2D eigenvalue weighted by atomic mass is 16.3. The second-order valence-corrected chi connectivity index (χ2v) is 5.45. The molecule has 1 aliphatic heterocycles. The Morgan fingerprint density at radius 1 is 1.38 bits per heavy atom. The van der Waals surface area contributed by atoms with E-state index in [4.69, 9.17) is 6.42 Å². The summed E-state index contributed by atoms with van der Waals surface area (Å²) in [5, 5.41) is 13.1. The van der Waals surface area contributed by atoms with Crippen molar-refractivity contribution in [2.24, 2.45) is 5.92 Å². The van der Waals surface area contributed by atoms with Gasteiger partial charge in [0.15, 0.2) is 0 Å². The summed E-state index contributed by atoms with van der Waals surface area (Å²) in [6.45, 7) is 2.33. The van der Waals surface area contributed by atoms with Gasteiger partial charge in [-0.15, -0.1) is 6.42 Å². The smallest absolute Gasteiger partial charge is 0.234 e. The molecule has 21 heavy (non-hydrogen) atoms. The average Bonchev–Trinajstić information content (AvgIpc) is 2.54. The summed E-state index contributed by atoms with van der Waals surface area (Å²) >= 11 is 0. The molecule has 4 nitrogen and oxygen atoms in total. The van der Waals surface area contributed by atoms with Crippen LogP contribution in [-0.4, -0.2) is 42.1 Å². The van der Waals surface area contributed by atoms with E-state index in [9.17, 15) is 9.90 Å². The number of carbonyl (C=O) groups is 1. The third-order valence-corrected chi connectivity index (χ3v) is 3.97. The number of carbonyl (C=O) groups excluding carboxylic acids is 1. The van der Waals surface area contributed by atoms with Crippen molar-refractivity contribution in [1.29, 1.82) is 0 Å². The van der Waals surface area contributed by atoms with E-state index in [1.165, 1.54) is 0 Å². The third kappa shape index (κ3) is 4.59. The second kappa shape index (κ2) is 7.82. The number of amides is 1. The topological polar surface area (TPSA) is 52.6 Å². The molecule has 1 heterocycles. The summed E-state index contributed by atoms with van der Waals surface area (Å²) < 4.78 is 0. The van der Waals surface area contributed by atoms with Gasteiger partial charge in [-0.3, -0.25) is 9.69 Å². The molecule has 0 aliphatic carbocycles. The molecule has 4 heteroatoms. The standard InChI is InChI=1S/C17H22N2O2/c1-2-10-18-16(20)13-19-11-8-15(9-12-19)17(21)14-6-4-3-5-7-14/h1,3-7,15,17,21H,8-13H2,(H,18,20)/t17-/m1/s1. The van der Waals surface area contributed by atoms with E-state index < -0.39 is 6.10 Å². The lowest BCUT2D eigenvalue weighted by molar-refractivity contribution is -0.122. The van der Waals surface area contributed by atoms with Gasteiger partial charge in [-0.1, -0.05) is 36.3 Å². The molecule has 2 N–H and O–H groups in total. The highest BCUT2D eigenvalue weighted by Gasteiger charge is 2.26. The maximum absolute atomic E-state index is 11.6. The first-order valence-electron chi connectivity index (χ1n) is 7.36. The Morgan fingerprint density at radius 3 is 2.67 bits per heavy atom. The van der Waals surface area contributed by atoms with Crippen molar-refractivity contribution in [3.05, 3.63) is 35.9 Å². The lowest BCUT2D eigenvalue weighted by Gasteiger charge is -2.33. The van der Waals surface area contributed by atoms with Gasteiger partial charge in [-0.25, -0.2) is 0 Å². The number of terminal acetylenes is 1. The fraction of sp³-hybridized carbons (Fsp3) is 0.471. The summed E-state index contributed by atoms with van der Waals surface area (Å²) in [6.07, 6.45) is 6.50. The van der Waals surface area contributed by atoms with E-state index >= 15 is 0 Å².